The third kappa shape index (κ3) is 3.44. The molecule has 0 N–H and O–H groups in total. The topological polar surface area (TPSA) is 29.0 Å². The normalized spacial score (nSPS) is 14.3. The van der Waals surface area contributed by atoms with E-state index in [4.69, 9.17) is 16.6 Å². The molecule has 0 saturated carbocycles. The van der Waals surface area contributed by atoms with Crippen LogP contribution < -0.4 is 0 Å². The van der Waals surface area contributed by atoms with Crippen LogP contribution in [0.2, 0.25) is 5.02 Å². The lowest BCUT2D eigenvalue weighted by molar-refractivity contribution is 0.242. The van der Waals surface area contributed by atoms with Gasteiger partial charge in [-0.25, -0.2) is 9.97 Å². The SMILES string of the molecule is Cc1cccc(Cl)c1CN1CCc2nc(-c3ccccc3)ncc2C1. The lowest BCUT2D eigenvalue weighted by atomic mass is 10.0. The number of rotatable bonds is 3. The molecule has 0 bridgehead atoms. The van der Waals surface area contributed by atoms with Gasteiger partial charge in [-0.1, -0.05) is 54.1 Å². The van der Waals surface area contributed by atoms with Crippen molar-refractivity contribution in [3.05, 3.63) is 82.1 Å². The molecule has 0 aliphatic carbocycles. The average molecular weight is 350 g/mol. The molecule has 1 aromatic heterocycles. The van der Waals surface area contributed by atoms with Crippen molar-refractivity contribution >= 4 is 11.6 Å². The van der Waals surface area contributed by atoms with Gasteiger partial charge in [0.1, 0.15) is 0 Å². The fourth-order valence-corrected chi connectivity index (χ4v) is 3.61. The van der Waals surface area contributed by atoms with E-state index in [0.29, 0.717) is 0 Å². The standard InChI is InChI=1S/C21H20ClN3/c1-15-6-5-9-19(22)18(15)14-25-11-10-20-17(13-25)12-23-21(24-20)16-7-3-2-4-8-16/h2-9,12H,10-11,13-14H2,1H3. The predicted molar refractivity (Wildman–Crippen MR) is 101 cm³/mol. The summed E-state index contributed by atoms with van der Waals surface area (Å²) in [5, 5.41) is 0.849. The van der Waals surface area contributed by atoms with E-state index >= 15 is 0 Å². The number of nitrogens with zero attached hydrogens (tertiary/aromatic N) is 3. The van der Waals surface area contributed by atoms with Crippen LogP contribution >= 0.6 is 11.6 Å². The summed E-state index contributed by atoms with van der Waals surface area (Å²) in [7, 11) is 0. The molecule has 2 heterocycles. The van der Waals surface area contributed by atoms with E-state index in [-0.39, 0.29) is 0 Å². The molecule has 1 aliphatic heterocycles. The van der Waals surface area contributed by atoms with Gasteiger partial charge < -0.3 is 0 Å². The maximum absolute atomic E-state index is 6.39. The van der Waals surface area contributed by atoms with Crippen molar-refractivity contribution in [2.24, 2.45) is 0 Å². The van der Waals surface area contributed by atoms with E-state index in [1.54, 1.807) is 0 Å². The third-order valence-electron chi connectivity index (χ3n) is 4.78. The Morgan fingerprint density at radius 2 is 1.92 bits per heavy atom. The van der Waals surface area contributed by atoms with Gasteiger partial charge in [0.25, 0.3) is 0 Å². The van der Waals surface area contributed by atoms with Gasteiger partial charge in [-0.05, 0) is 24.1 Å². The van der Waals surface area contributed by atoms with Crippen LogP contribution in [-0.4, -0.2) is 21.4 Å². The van der Waals surface area contributed by atoms with Crippen molar-refractivity contribution in [1.82, 2.24) is 14.9 Å². The highest BCUT2D eigenvalue weighted by molar-refractivity contribution is 6.31. The van der Waals surface area contributed by atoms with E-state index in [1.807, 2.05) is 36.5 Å². The fraction of sp³-hybridized carbons (Fsp3) is 0.238. The van der Waals surface area contributed by atoms with Crippen molar-refractivity contribution in [3.63, 3.8) is 0 Å². The molecular weight excluding hydrogens is 330 g/mol. The second kappa shape index (κ2) is 6.95. The van der Waals surface area contributed by atoms with Crippen LogP contribution in [0.25, 0.3) is 11.4 Å². The van der Waals surface area contributed by atoms with Crippen LogP contribution in [0, 0.1) is 6.92 Å². The summed E-state index contributed by atoms with van der Waals surface area (Å²) in [6, 6.07) is 16.2. The molecule has 0 unspecified atom stereocenters. The highest BCUT2D eigenvalue weighted by atomic mass is 35.5. The molecule has 4 rings (SSSR count). The van der Waals surface area contributed by atoms with Crippen molar-refractivity contribution in [2.75, 3.05) is 6.54 Å². The molecule has 0 saturated heterocycles. The molecule has 4 heteroatoms. The van der Waals surface area contributed by atoms with E-state index in [9.17, 15) is 0 Å². The number of aromatic nitrogens is 2. The highest BCUT2D eigenvalue weighted by Crippen LogP contribution is 2.25. The molecule has 0 amide bonds. The molecular formula is C21H20ClN3. The first-order valence-corrected chi connectivity index (χ1v) is 8.95. The lowest BCUT2D eigenvalue weighted by Crippen LogP contribution is -2.31. The lowest BCUT2D eigenvalue weighted by Gasteiger charge is -2.29. The summed E-state index contributed by atoms with van der Waals surface area (Å²) < 4.78 is 0. The zero-order valence-corrected chi connectivity index (χ0v) is 15.0. The first kappa shape index (κ1) is 16.2. The summed E-state index contributed by atoms with van der Waals surface area (Å²) in [4.78, 5) is 11.8. The molecule has 1 aliphatic rings. The van der Waals surface area contributed by atoms with Crippen LogP contribution in [0.15, 0.2) is 54.7 Å². The molecule has 0 spiro atoms. The average Bonchev–Trinajstić information content (AvgIpc) is 2.65. The van der Waals surface area contributed by atoms with Crippen LogP contribution in [-0.2, 0) is 19.5 Å². The monoisotopic (exact) mass is 349 g/mol. The number of fused-ring (bicyclic) bond motifs is 1. The number of hydrogen-bond acceptors (Lipinski definition) is 3. The molecule has 0 atom stereocenters. The summed E-state index contributed by atoms with van der Waals surface area (Å²) in [6.07, 6.45) is 2.93. The number of aryl methyl sites for hydroxylation is 1. The van der Waals surface area contributed by atoms with Gasteiger partial charge in [-0.15, -0.1) is 0 Å². The van der Waals surface area contributed by atoms with Crippen molar-refractivity contribution in [1.29, 1.82) is 0 Å². The number of benzene rings is 2. The smallest absolute Gasteiger partial charge is 0.159 e. The maximum atomic E-state index is 6.39. The van der Waals surface area contributed by atoms with Crippen LogP contribution in [0.1, 0.15) is 22.4 Å². The van der Waals surface area contributed by atoms with Crippen LogP contribution in [0.4, 0.5) is 0 Å². The van der Waals surface area contributed by atoms with Crippen molar-refractivity contribution in [2.45, 2.75) is 26.4 Å². The van der Waals surface area contributed by atoms with Gasteiger partial charge >= 0.3 is 0 Å². The van der Waals surface area contributed by atoms with Crippen LogP contribution in [0.5, 0.6) is 0 Å². The molecule has 25 heavy (non-hydrogen) atoms. The summed E-state index contributed by atoms with van der Waals surface area (Å²) in [6.45, 7) is 4.84. The zero-order valence-electron chi connectivity index (χ0n) is 14.2. The maximum Gasteiger partial charge on any atom is 0.159 e. The Balaban J connectivity index is 1.54. The van der Waals surface area contributed by atoms with Gasteiger partial charge in [-0.2, -0.15) is 0 Å². The number of halogens is 1. The Morgan fingerprint density at radius 1 is 1.08 bits per heavy atom. The summed E-state index contributed by atoms with van der Waals surface area (Å²) in [5.74, 6) is 0.815. The largest absolute Gasteiger partial charge is 0.294 e. The highest BCUT2D eigenvalue weighted by Gasteiger charge is 2.20. The molecule has 3 nitrogen and oxygen atoms in total. The van der Waals surface area contributed by atoms with E-state index < -0.39 is 0 Å². The minimum atomic E-state index is 0.815. The van der Waals surface area contributed by atoms with E-state index in [2.05, 4.69) is 35.0 Å². The Bertz CT molecular complexity index is 873. The molecule has 126 valence electrons. The van der Waals surface area contributed by atoms with Gasteiger partial charge in [0.05, 0.1) is 5.69 Å². The summed E-state index contributed by atoms with van der Waals surface area (Å²) in [5.41, 5.74) is 5.92. The first-order chi connectivity index (χ1) is 12.2. The Morgan fingerprint density at radius 3 is 2.72 bits per heavy atom. The molecule has 2 aromatic carbocycles. The minimum Gasteiger partial charge on any atom is -0.294 e. The zero-order chi connectivity index (χ0) is 17.2. The third-order valence-corrected chi connectivity index (χ3v) is 5.13. The van der Waals surface area contributed by atoms with Gasteiger partial charge in [-0.3, -0.25) is 4.90 Å². The van der Waals surface area contributed by atoms with Gasteiger partial charge in [0.15, 0.2) is 5.82 Å². The second-order valence-electron chi connectivity index (χ2n) is 6.53. The first-order valence-electron chi connectivity index (χ1n) is 8.57. The van der Waals surface area contributed by atoms with Gasteiger partial charge in [0.2, 0.25) is 0 Å². The van der Waals surface area contributed by atoms with E-state index in [1.165, 1.54) is 22.4 Å². The number of hydrogen-bond donors (Lipinski definition) is 0. The molecule has 0 fully saturated rings. The summed E-state index contributed by atoms with van der Waals surface area (Å²) >= 11 is 6.39. The quantitative estimate of drug-likeness (QED) is 0.688. The van der Waals surface area contributed by atoms with Crippen molar-refractivity contribution in [3.8, 4) is 11.4 Å². The van der Waals surface area contributed by atoms with Gasteiger partial charge in [0, 0.05) is 48.4 Å². The minimum absolute atomic E-state index is 0.815. The Labute approximate surface area is 153 Å². The fourth-order valence-electron chi connectivity index (χ4n) is 3.33. The Kier molecular flexibility index (Phi) is 4.51. The van der Waals surface area contributed by atoms with E-state index in [0.717, 1.165) is 42.5 Å². The second-order valence-corrected chi connectivity index (χ2v) is 6.93. The molecule has 3 aromatic rings. The van der Waals surface area contributed by atoms with Crippen molar-refractivity contribution < 1.29 is 0 Å². The Hall–Kier alpha value is -2.23. The van der Waals surface area contributed by atoms with Crippen LogP contribution in [0.3, 0.4) is 0 Å². The predicted octanol–water partition coefficient (Wildman–Crippen LogP) is 4.66. The molecule has 0 radical (unpaired) electrons.